The number of anilines is 2. The molecule has 0 saturated carbocycles. The van der Waals surface area contributed by atoms with Crippen LogP contribution in [0.4, 0.5) is 11.4 Å². The highest BCUT2D eigenvalue weighted by Gasteiger charge is 2.26. The number of amides is 3. The topological polar surface area (TPSA) is 116 Å². The largest absolute Gasteiger partial charge is 0.357 e. The first kappa shape index (κ1) is 23.3. The molecule has 1 aliphatic rings. The lowest BCUT2D eigenvalue weighted by molar-refractivity contribution is -0.114. The van der Waals surface area contributed by atoms with Gasteiger partial charge < -0.3 is 20.9 Å². The summed E-state index contributed by atoms with van der Waals surface area (Å²) in [6, 6.07) is 8.60. The van der Waals surface area contributed by atoms with Crippen LogP contribution in [0.2, 0.25) is 0 Å². The number of aromatic amines is 1. The standard InChI is InChI=1S/C25H24ClN5O3/c1-13-21(28-15(3)23(13)31-22(32)12-26)11-19-18-10-17(4-5-20(18)30-25(19)34)24(33)29-14(2)16-6-8-27-9-7-16/h4-11,14,28H,12H2,1-3H3,(H,29,33)(H,30,34)(H,31,32)/b19-11-/t14-/m1/s1. The van der Waals surface area contributed by atoms with Crippen LogP contribution in [-0.2, 0) is 9.59 Å². The fraction of sp³-hybridized carbons (Fsp3) is 0.200. The smallest absolute Gasteiger partial charge is 0.256 e. The minimum atomic E-state index is -0.313. The van der Waals surface area contributed by atoms with Crippen molar-refractivity contribution in [3.63, 3.8) is 0 Å². The Hall–Kier alpha value is -3.91. The van der Waals surface area contributed by atoms with Crippen LogP contribution in [0.3, 0.4) is 0 Å². The predicted octanol–water partition coefficient (Wildman–Crippen LogP) is 4.19. The van der Waals surface area contributed by atoms with Gasteiger partial charge in [-0.3, -0.25) is 19.4 Å². The first-order valence-electron chi connectivity index (χ1n) is 10.7. The molecule has 34 heavy (non-hydrogen) atoms. The monoisotopic (exact) mass is 477 g/mol. The molecule has 0 aliphatic carbocycles. The summed E-state index contributed by atoms with van der Waals surface area (Å²) in [7, 11) is 0. The molecule has 0 saturated heterocycles. The van der Waals surface area contributed by atoms with Gasteiger partial charge in [0.1, 0.15) is 5.88 Å². The molecule has 3 heterocycles. The fourth-order valence-electron chi connectivity index (χ4n) is 3.91. The summed E-state index contributed by atoms with van der Waals surface area (Å²) in [5.41, 5.74) is 5.92. The van der Waals surface area contributed by atoms with Crippen LogP contribution in [0.1, 0.15) is 51.4 Å². The summed E-state index contributed by atoms with van der Waals surface area (Å²) in [5, 5.41) is 8.58. The maximum atomic E-state index is 12.9. The van der Waals surface area contributed by atoms with E-state index in [0.717, 1.165) is 16.8 Å². The van der Waals surface area contributed by atoms with Crippen molar-refractivity contribution in [1.82, 2.24) is 15.3 Å². The summed E-state index contributed by atoms with van der Waals surface area (Å²) in [4.78, 5) is 44.6. The zero-order valence-electron chi connectivity index (χ0n) is 19.0. The molecule has 3 aromatic rings. The number of pyridine rings is 1. The zero-order valence-corrected chi connectivity index (χ0v) is 19.7. The average Bonchev–Trinajstić information content (AvgIpc) is 3.29. The lowest BCUT2D eigenvalue weighted by Gasteiger charge is -2.14. The zero-order chi connectivity index (χ0) is 24.4. The van der Waals surface area contributed by atoms with E-state index in [1.54, 1.807) is 36.7 Å². The quantitative estimate of drug-likeness (QED) is 0.314. The third-order valence-electron chi connectivity index (χ3n) is 5.77. The summed E-state index contributed by atoms with van der Waals surface area (Å²) in [5.74, 6) is -0.980. The van der Waals surface area contributed by atoms with E-state index in [4.69, 9.17) is 11.6 Å². The molecule has 1 aliphatic heterocycles. The first-order valence-corrected chi connectivity index (χ1v) is 11.2. The van der Waals surface area contributed by atoms with Crippen molar-refractivity contribution >= 4 is 52.3 Å². The average molecular weight is 478 g/mol. The molecule has 0 bridgehead atoms. The van der Waals surface area contributed by atoms with Gasteiger partial charge in [-0.2, -0.15) is 0 Å². The van der Waals surface area contributed by atoms with Gasteiger partial charge in [-0.05, 0) is 68.3 Å². The number of hydrogen-bond donors (Lipinski definition) is 4. The number of fused-ring (bicyclic) bond motifs is 1. The molecule has 4 N–H and O–H groups in total. The highest BCUT2D eigenvalue weighted by Crippen LogP contribution is 2.35. The summed E-state index contributed by atoms with van der Waals surface area (Å²) >= 11 is 5.61. The van der Waals surface area contributed by atoms with E-state index in [1.807, 2.05) is 32.9 Å². The van der Waals surface area contributed by atoms with Crippen LogP contribution in [0.15, 0.2) is 42.7 Å². The van der Waals surface area contributed by atoms with Gasteiger partial charge in [0.2, 0.25) is 5.91 Å². The Labute approximate surface area is 201 Å². The van der Waals surface area contributed by atoms with E-state index >= 15 is 0 Å². The molecule has 174 valence electrons. The van der Waals surface area contributed by atoms with Crippen LogP contribution in [-0.4, -0.2) is 33.6 Å². The SMILES string of the molecule is Cc1[nH]c(/C=C2\C(=O)Nc3ccc(C(=O)N[C@H](C)c4ccncc4)cc32)c(C)c1NC(=O)CCl. The number of alkyl halides is 1. The van der Waals surface area contributed by atoms with Crippen LogP contribution < -0.4 is 16.0 Å². The second kappa shape index (κ2) is 9.52. The molecule has 0 unspecified atom stereocenters. The molecule has 9 heteroatoms. The Kier molecular flexibility index (Phi) is 6.51. The van der Waals surface area contributed by atoms with Gasteiger partial charge in [-0.1, -0.05) is 0 Å². The lowest BCUT2D eigenvalue weighted by atomic mass is 10.0. The fourth-order valence-corrected chi connectivity index (χ4v) is 3.98. The molecular weight excluding hydrogens is 454 g/mol. The second-order valence-corrected chi connectivity index (χ2v) is 8.36. The van der Waals surface area contributed by atoms with E-state index in [9.17, 15) is 14.4 Å². The Morgan fingerprint density at radius 1 is 1.18 bits per heavy atom. The Morgan fingerprint density at radius 3 is 2.62 bits per heavy atom. The minimum absolute atomic E-state index is 0.152. The highest BCUT2D eigenvalue weighted by molar-refractivity contribution is 6.35. The van der Waals surface area contributed by atoms with E-state index < -0.39 is 0 Å². The number of rotatable bonds is 6. The third-order valence-corrected chi connectivity index (χ3v) is 6.01. The van der Waals surface area contributed by atoms with Crippen molar-refractivity contribution in [2.75, 3.05) is 16.5 Å². The van der Waals surface area contributed by atoms with Gasteiger partial charge >= 0.3 is 0 Å². The predicted molar refractivity (Wildman–Crippen MR) is 133 cm³/mol. The molecule has 8 nitrogen and oxygen atoms in total. The summed E-state index contributed by atoms with van der Waals surface area (Å²) in [6.07, 6.45) is 5.08. The van der Waals surface area contributed by atoms with Gasteiger partial charge in [0, 0.05) is 40.6 Å². The van der Waals surface area contributed by atoms with Crippen LogP contribution in [0.25, 0.3) is 11.6 Å². The van der Waals surface area contributed by atoms with E-state index in [1.165, 1.54) is 0 Å². The first-order chi connectivity index (χ1) is 16.3. The molecule has 0 fully saturated rings. The molecule has 3 amide bonds. The minimum Gasteiger partial charge on any atom is -0.357 e. The molecule has 4 rings (SSSR count). The number of halogens is 1. The van der Waals surface area contributed by atoms with Crippen LogP contribution in [0.5, 0.6) is 0 Å². The second-order valence-electron chi connectivity index (χ2n) is 8.09. The Morgan fingerprint density at radius 2 is 1.91 bits per heavy atom. The van der Waals surface area contributed by atoms with Crippen molar-refractivity contribution in [2.45, 2.75) is 26.8 Å². The number of nitrogens with zero attached hydrogens (tertiary/aromatic N) is 1. The number of carbonyl (C=O) groups excluding carboxylic acids is 3. The number of aromatic nitrogens is 2. The van der Waals surface area contributed by atoms with Crippen molar-refractivity contribution in [2.24, 2.45) is 0 Å². The van der Waals surface area contributed by atoms with E-state index in [-0.39, 0.29) is 29.6 Å². The number of nitrogens with one attached hydrogen (secondary N) is 4. The molecule has 1 atom stereocenters. The molecule has 0 spiro atoms. The van der Waals surface area contributed by atoms with Gasteiger partial charge in [0.05, 0.1) is 17.3 Å². The van der Waals surface area contributed by atoms with Gasteiger partial charge in [-0.15, -0.1) is 11.6 Å². The van der Waals surface area contributed by atoms with E-state index in [2.05, 4.69) is 25.9 Å². The van der Waals surface area contributed by atoms with E-state index in [0.29, 0.717) is 33.8 Å². The summed E-state index contributed by atoms with van der Waals surface area (Å²) < 4.78 is 0. The number of benzene rings is 1. The summed E-state index contributed by atoms with van der Waals surface area (Å²) in [6.45, 7) is 5.57. The molecule has 1 aromatic carbocycles. The highest BCUT2D eigenvalue weighted by atomic mass is 35.5. The maximum Gasteiger partial charge on any atom is 0.256 e. The van der Waals surface area contributed by atoms with Crippen molar-refractivity contribution < 1.29 is 14.4 Å². The number of hydrogen-bond acceptors (Lipinski definition) is 4. The normalized spacial score (nSPS) is 14.5. The molecular formula is C25H24ClN5O3. The lowest BCUT2D eigenvalue weighted by Crippen LogP contribution is -2.26. The Balaban J connectivity index is 1.63. The molecule has 0 radical (unpaired) electrons. The van der Waals surface area contributed by atoms with Gasteiger partial charge in [0.25, 0.3) is 11.8 Å². The number of carbonyl (C=O) groups is 3. The maximum absolute atomic E-state index is 12.9. The molecule has 2 aromatic heterocycles. The Bertz CT molecular complexity index is 1310. The van der Waals surface area contributed by atoms with Crippen molar-refractivity contribution in [3.05, 3.63) is 76.4 Å². The number of aryl methyl sites for hydroxylation is 1. The van der Waals surface area contributed by atoms with Crippen molar-refractivity contribution in [3.8, 4) is 0 Å². The van der Waals surface area contributed by atoms with Crippen LogP contribution in [0, 0.1) is 13.8 Å². The van der Waals surface area contributed by atoms with Crippen LogP contribution >= 0.6 is 11.6 Å². The third kappa shape index (κ3) is 4.58. The van der Waals surface area contributed by atoms with Gasteiger partial charge in [0.15, 0.2) is 0 Å². The number of H-pyrrole nitrogens is 1. The van der Waals surface area contributed by atoms with Gasteiger partial charge in [-0.25, -0.2) is 0 Å². The van der Waals surface area contributed by atoms with Crippen molar-refractivity contribution in [1.29, 1.82) is 0 Å².